The lowest BCUT2D eigenvalue weighted by atomic mass is 9.97. The molecule has 0 spiro atoms. The van der Waals surface area contributed by atoms with Crippen molar-refractivity contribution in [1.29, 1.82) is 0 Å². The van der Waals surface area contributed by atoms with E-state index >= 15 is 0 Å². The first kappa shape index (κ1) is 12.3. The zero-order valence-electron chi connectivity index (χ0n) is 9.26. The van der Waals surface area contributed by atoms with Crippen molar-refractivity contribution in [2.45, 2.75) is 32.2 Å². The molecule has 5 nitrogen and oxygen atoms in total. The van der Waals surface area contributed by atoms with Crippen molar-refractivity contribution < 1.29 is 10.3 Å². The summed E-state index contributed by atoms with van der Waals surface area (Å²) in [6.45, 7) is 4.28. The van der Waals surface area contributed by atoms with Gasteiger partial charge in [0.2, 0.25) is 0 Å². The van der Waals surface area contributed by atoms with Crippen LogP contribution < -0.4 is 5.73 Å². The maximum atomic E-state index is 9.10. The Labute approximate surface area is 90.6 Å². The van der Waals surface area contributed by atoms with Gasteiger partial charge in [-0.15, -0.1) is 0 Å². The van der Waals surface area contributed by atoms with Gasteiger partial charge in [-0.3, -0.25) is 4.90 Å². The van der Waals surface area contributed by atoms with Crippen LogP contribution in [0, 0.1) is 5.92 Å². The van der Waals surface area contributed by atoms with Crippen molar-refractivity contribution in [2.24, 2.45) is 16.8 Å². The van der Waals surface area contributed by atoms with Crippen LogP contribution in [0.2, 0.25) is 0 Å². The second kappa shape index (κ2) is 5.92. The molecule has 4 N–H and O–H groups in total. The molecule has 0 amide bonds. The molecule has 1 rings (SSSR count). The molecule has 0 radical (unpaired) electrons. The first-order valence-electron chi connectivity index (χ1n) is 5.48. The monoisotopic (exact) mass is 215 g/mol. The lowest BCUT2D eigenvalue weighted by molar-refractivity contribution is 0.0954. The molecule has 0 aliphatic carbocycles. The maximum Gasteiger partial charge on any atom is 0.140 e. The molecule has 0 aromatic carbocycles. The normalized spacial score (nSPS) is 26.5. The van der Waals surface area contributed by atoms with Crippen LogP contribution in [-0.2, 0) is 0 Å². The molecular weight excluding hydrogens is 194 g/mol. The van der Waals surface area contributed by atoms with Crippen molar-refractivity contribution in [3.05, 3.63) is 0 Å². The van der Waals surface area contributed by atoms with E-state index in [1.54, 1.807) is 0 Å². The van der Waals surface area contributed by atoms with E-state index in [1.165, 1.54) is 0 Å². The fraction of sp³-hybridized carbons (Fsp3) is 0.900. The highest BCUT2D eigenvalue weighted by Crippen LogP contribution is 2.18. The summed E-state index contributed by atoms with van der Waals surface area (Å²) in [6.07, 6.45) is 2.80. The van der Waals surface area contributed by atoms with Gasteiger partial charge in [0.15, 0.2) is 0 Å². The van der Waals surface area contributed by atoms with Gasteiger partial charge in [-0.1, -0.05) is 5.16 Å². The number of oxime groups is 1. The maximum absolute atomic E-state index is 9.10. The average molecular weight is 215 g/mol. The third-order valence-corrected chi connectivity index (χ3v) is 3.06. The molecule has 2 unspecified atom stereocenters. The minimum atomic E-state index is 0.257. The van der Waals surface area contributed by atoms with E-state index in [2.05, 4.69) is 17.0 Å². The van der Waals surface area contributed by atoms with E-state index in [0.29, 0.717) is 12.3 Å². The Bertz CT molecular complexity index is 221. The zero-order chi connectivity index (χ0) is 11.3. The van der Waals surface area contributed by atoms with E-state index in [0.717, 1.165) is 25.9 Å². The fourth-order valence-electron chi connectivity index (χ4n) is 2.12. The van der Waals surface area contributed by atoms with Gasteiger partial charge in [-0.05, 0) is 32.2 Å². The fourth-order valence-corrected chi connectivity index (χ4v) is 2.12. The average Bonchev–Trinajstić information content (AvgIpc) is 2.28. The number of rotatable bonds is 4. The third-order valence-electron chi connectivity index (χ3n) is 3.06. The van der Waals surface area contributed by atoms with Crippen LogP contribution in [-0.4, -0.2) is 46.8 Å². The minimum Gasteiger partial charge on any atom is -0.409 e. The SMILES string of the molecule is CC(CC(N)=NO)N1CCCC(CO)C1. The number of aliphatic hydroxyl groups is 1. The van der Waals surface area contributed by atoms with Crippen molar-refractivity contribution in [1.82, 2.24) is 4.90 Å². The van der Waals surface area contributed by atoms with Gasteiger partial charge in [-0.2, -0.15) is 0 Å². The molecule has 0 aromatic heterocycles. The zero-order valence-corrected chi connectivity index (χ0v) is 9.26. The predicted molar refractivity (Wildman–Crippen MR) is 58.9 cm³/mol. The molecule has 2 atom stereocenters. The van der Waals surface area contributed by atoms with Gasteiger partial charge < -0.3 is 16.0 Å². The van der Waals surface area contributed by atoms with Crippen LogP contribution in [0.15, 0.2) is 5.16 Å². The van der Waals surface area contributed by atoms with Gasteiger partial charge in [0, 0.05) is 25.6 Å². The summed E-state index contributed by atoms with van der Waals surface area (Å²) < 4.78 is 0. The third kappa shape index (κ3) is 3.68. The minimum absolute atomic E-state index is 0.257. The van der Waals surface area contributed by atoms with Crippen LogP contribution in [0.3, 0.4) is 0 Å². The van der Waals surface area contributed by atoms with Gasteiger partial charge in [0.05, 0.1) is 0 Å². The number of piperidine rings is 1. The Hall–Kier alpha value is -0.810. The molecular formula is C10H21N3O2. The van der Waals surface area contributed by atoms with E-state index in [9.17, 15) is 0 Å². The van der Waals surface area contributed by atoms with Crippen molar-refractivity contribution in [3.63, 3.8) is 0 Å². The van der Waals surface area contributed by atoms with Crippen LogP contribution in [0.25, 0.3) is 0 Å². The molecule has 0 aromatic rings. The highest BCUT2D eigenvalue weighted by Gasteiger charge is 2.23. The number of nitrogens with zero attached hydrogens (tertiary/aromatic N) is 2. The van der Waals surface area contributed by atoms with Gasteiger partial charge in [0.1, 0.15) is 5.84 Å². The molecule has 0 saturated carbocycles. The molecule has 1 saturated heterocycles. The molecule has 15 heavy (non-hydrogen) atoms. The van der Waals surface area contributed by atoms with Crippen LogP contribution in [0.5, 0.6) is 0 Å². The number of aliphatic hydroxyl groups excluding tert-OH is 1. The Morgan fingerprint density at radius 3 is 3.00 bits per heavy atom. The van der Waals surface area contributed by atoms with Crippen molar-refractivity contribution in [3.8, 4) is 0 Å². The molecule has 88 valence electrons. The van der Waals surface area contributed by atoms with E-state index in [-0.39, 0.29) is 18.5 Å². The summed E-state index contributed by atoms with van der Waals surface area (Å²) in [5.74, 6) is 0.655. The molecule has 0 bridgehead atoms. The standard InChI is InChI=1S/C10H21N3O2/c1-8(5-10(11)12-15)13-4-2-3-9(6-13)7-14/h8-9,14-15H,2-7H2,1H3,(H2,11,12). The molecule has 5 heteroatoms. The summed E-state index contributed by atoms with van der Waals surface area (Å²) in [6, 6.07) is 0.273. The number of amidine groups is 1. The Balaban J connectivity index is 2.41. The van der Waals surface area contributed by atoms with E-state index in [1.807, 2.05) is 0 Å². The Morgan fingerprint density at radius 2 is 2.40 bits per heavy atom. The quantitative estimate of drug-likeness (QED) is 0.271. The van der Waals surface area contributed by atoms with Crippen molar-refractivity contribution in [2.75, 3.05) is 19.7 Å². The smallest absolute Gasteiger partial charge is 0.140 e. The highest BCUT2D eigenvalue weighted by atomic mass is 16.4. The Morgan fingerprint density at radius 1 is 1.67 bits per heavy atom. The number of nitrogens with two attached hydrogens (primary N) is 1. The lowest BCUT2D eigenvalue weighted by Crippen LogP contribution is -2.43. The number of likely N-dealkylation sites (tertiary alicyclic amines) is 1. The van der Waals surface area contributed by atoms with Gasteiger partial charge in [-0.25, -0.2) is 0 Å². The second-order valence-corrected chi connectivity index (χ2v) is 4.33. The topological polar surface area (TPSA) is 82.1 Å². The molecule has 1 aliphatic rings. The Kier molecular flexibility index (Phi) is 4.84. The van der Waals surface area contributed by atoms with Gasteiger partial charge >= 0.3 is 0 Å². The van der Waals surface area contributed by atoms with Crippen LogP contribution in [0.4, 0.5) is 0 Å². The number of hydrogen-bond donors (Lipinski definition) is 3. The summed E-state index contributed by atoms with van der Waals surface area (Å²) in [5, 5.41) is 20.6. The van der Waals surface area contributed by atoms with Crippen molar-refractivity contribution >= 4 is 5.84 Å². The van der Waals surface area contributed by atoms with Crippen LogP contribution in [0.1, 0.15) is 26.2 Å². The van der Waals surface area contributed by atoms with Crippen LogP contribution >= 0.6 is 0 Å². The van der Waals surface area contributed by atoms with Gasteiger partial charge in [0.25, 0.3) is 0 Å². The predicted octanol–water partition coefficient (Wildman–Crippen LogP) is 0.216. The van der Waals surface area contributed by atoms with E-state index in [4.69, 9.17) is 16.0 Å². The summed E-state index contributed by atoms with van der Waals surface area (Å²) >= 11 is 0. The lowest BCUT2D eigenvalue weighted by Gasteiger charge is -2.36. The molecule has 1 heterocycles. The first-order chi connectivity index (χ1) is 7.17. The van der Waals surface area contributed by atoms with E-state index < -0.39 is 0 Å². The second-order valence-electron chi connectivity index (χ2n) is 4.33. The number of hydrogen-bond acceptors (Lipinski definition) is 4. The molecule has 1 fully saturated rings. The first-order valence-corrected chi connectivity index (χ1v) is 5.48. The largest absolute Gasteiger partial charge is 0.409 e. The summed E-state index contributed by atoms with van der Waals surface area (Å²) in [7, 11) is 0. The summed E-state index contributed by atoms with van der Waals surface area (Å²) in [4.78, 5) is 2.29. The summed E-state index contributed by atoms with van der Waals surface area (Å²) in [5.41, 5.74) is 5.47. The molecule has 1 aliphatic heterocycles. The highest BCUT2D eigenvalue weighted by molar-refractivity contribution is 5.80.